The first-order chi connectivity index (χ1) is 16.2. The van der Waals surface area contributed by atoms with Crippen LogP contribution in [0, 0.1) is 30.1 Å². The van der Waals surface area contributed by atoms with Gasteiger partial charge in [0.25, 0.3) is 0 Å². The summed E-state index contributed by atoms with van der Waals surface area (Å²) in [6.45, 7) is 12.3. The van der Waals surface area contributed by atoms with Crippen LogP contribution in [0.25, 0.3) is 6.08 Å². The van der Waals surface area contributed by atoms with Gasteiger partial charge in [-0.15, -0.1) is 11.3 Å². The predicted octanol–water partition coefficient (Wildman–Crippen LogP) is 4.53. The van der Waals surface area contributed by atoms with E-state index in [4.69, 9.17) is 4.74 Å². The molecular weight excluding hydrogens is 466 g/mol. The summed E-state index contributed by atoms with van der Waals surface area (Å²) >= 11 is 1.51. The highest BCUT2D eigenvalue weighted by atomic mass is 32.1. The van der Waals surface area contributed by atoms with Gasteiger partial charge in [-0.1, -0.05) is 41.0 Å². The number of aliphatic hydroxyl groups excluding tert-OH is 2. The molecule has 6 atom stereocenters. The number of hydrogen-bond donors (Lipinski definition) is 2. The summed E-state index contributed by atoms with van der Waals surface area (Å²) in [4.78, 5) is 43.5. The zero-order valence-electron chi connectivity index (χ0n) is 22.0. The van der Waals surface area contributed by atoms with Crippen LogP contribution < -0.4 is 0 Å². The van der Waals surface area contributed by atoms with Crippen LogP contribution >= 0.6 is 11.3 Å². The Bertz CT molecular complexity index is 936. The second-order valence-corrected chi connectivity index (χ2v) is 11.8. The highest BCUT2D eigenvalue weighted by Gasteiger charge is 2.42. The largest absolute Gasteiger partial charge is 0.457 e. The molecule has 0 spiro atoms. The van der Waals surface area contributed by atoms with Crippen molar-refractivity contribution in [1.82, 2.24) is 4.98 Å². The Kier molecular flexibility index (Phi) is 10.4. The maximum atomic E-state index is 13.2. The van der Waals surface area contributed by atoms with Gasteiger partial charge in [-0.05, 0) is 44.3 Å². The number of nitrogens with zero attached hydrogens (tertiary/aromatic N) is 1. The molecule has 2 rings (SSSR count). The molecule has 8 heteroatoms. The second-order valence-electron chi connectivity index (χ2n) is 10.7. The Morgan fingerprint density at radius 1 is 1.14 bits per heavy atom. The van der Waals surface area contributed by atoms with Crippen LogP contribution in [0.2, 0.25) is 0 Å². The highest BCUT2D eigenvalue weighted by molar-refractivity contribution is 7.09. The first-order valence-corrected chi connectivity index (χ1v) is 13.3. The molecule has 0 bridgehead atoms. The molecule has 0 aromatic carbocycles. The van der Waals surface area contributed by atoms with E-state index in [1.165, 1.54) is 11.3 Å². The zero-order valence-corrected chi connectivity index (χ0v) is 22.9. The number of cyclic esters (lactones) is 1. The van der Waals surface area contributed by atoms with E-state index in [1.807, 2.05) is 32.2 Å². The highest BCUT2D eigenvalue weighted by Crippen LogP contribution is 2.32. The third-order valence-electron chi connectivity index (χ3n) is 7.36. The molecule has 7 nitrogen and oxygen atoms in total. The van der Waals surface area contributed by atoms with E-state index in [0.29, 0.717) is 18.4 Å². The van der Waals surface area contributed by atoms with Crippen LogP contribution in [0.15, 0.2) is 11.0 Å². The lowest BCUT2D eigenvalue weighted by Gasteiger charge is -2.34. The molecule has 1 aliphatic heterocycles. The monoisotopic (exact) mass is 507 g/mol. The van der Waals surface area contributed by atoms with Crippen molar-refractivity contribution >= 4 is 34.9 Å². The van der Waals surface area contributed by atoms with E-state index < -0.39 is 35.6 Å². The minimum atomic E-state index is -1.29. The van der Waals surface area contributed by atoms with Gasteiger partial charge in [0.05, 0.1) is 34.7 Å². The molecule has 0 aliphatic carbocycles. The van der Waals surface area contributed by atoms with Crippen molar-refractivity contribution < 1.29 is 29.3 Å². The Hall–Kier alpha value is -1.90. The van der Waals surface area contributed by atoms with Gasteiger partial charge in [0, 0.05) is 23.6 Å². The van der Waals surface area contributed by atoms with Gasteiger partial charge in [-0.3, -0.25) is 14.4 Å². The van der Waals surface area contributed by atoms with Crippen molar-refractivity contribution in [2.24, 2.45) is 23.2 Å². The molecule has 2 heterocycles. The molecule has 1 fully saturated rings. The predicted molar refractivity (Wildman–Crippen MR) is 137 cm³/mol. The summed E-state index contributed by atoms with van der Waals surface area (Å²) in [5.74, 6) is -2.04. The van der Waals surface area contributed by atoms with Crippen molar-refractivity contribution in [2.45, 2.75) is 98.9 Å². The van der Waals surface area contributed by atoms with E-state index >= 15 is 0 Å². The average molecular weight is 508 g/mol. The van der Waals surface area contributed by atoms with Gasteiger partial charge in [-0.25, -0.2) is 4.98 Å². The molecule has 35 heavy (non-hydrogen) atoms. The molecule has 196 valence electrons. The van der Waals surface area contributed by atoms with Crippen molar-refractivity contribution in [3.05, 3.63) is 21.7 Å². The number of thiazole rings is 1. The number of Topliss-reactive ketones (excluding diaryl/α,β-unsaturated/α-hetero) is 2. The maximum absolute atomic E-state index is 13.2. The van der Waals surface area contributed by atoms with E-state index in [-0.39, 0.29) is 36.2 Å². The molecule has 1 aromatic heterocycles. The van der Waals surface area contributed by atoms with Crippen LogP contribution in [0.5, 0.6) is 0 Å². The molecule has 0 radical (unpaired) electrons. The third-order valence-corrected chi connectivity index (χ3v) is 8.16. The van der Waals surface area contributed by atoms with Crippen LogP contribution in [0.1, 0.15) is 84.3 Å². The van der Waals surface area contributed by atoms with Gasteiger partial charge in [-0.2, -0.15) is 0 Å². The van der Waals surface area contributed by atoms with Gasteiger partial charge < -0.3 is 14.9 Å². The minimum Gasteiger partial charge on any atom is -0.457 e. The lowest BCUT2D eigenvalue weighted by atomic mass is 9.73. The quantitative estimate of drug-likeness (QED) is 0.566. The van der Waals surface area contributed by atoms with Crippen molar-refractivity contribution in [1.29, 1.82) is 0 Å². The zero-order chi connectivity index (χ0) is 26.5. The first kappa shape index (κ1) is 29.3. The smallest absolute Gasteiger partial charge is 0.309 e. The number of aromatic nitrogens is 1. The van der Waals surface area contributed by atoms with Crippen molar-refractivity contribution in [2.75, 3.05) is 0 Å². The van der Waals surface area contributed by atoms with Crippen LogP contribution in [0.3, 0.4) is 0 Å². The first-order valence-electron chi connectivity index (χ1n) is 12.5. The number of carbonyl (C=O) groups is 3. The standard InChI is InChI=1S/C27H41NO6S/c1-15-9-8-10-16(2)25(32)18(4)26(33)27(6,7)23(30)13-24(31)34-22(12-21(15)29)17(3)11-20-14-35-19(5)28-20/h11,14-16,18,22-23,25,30,32H,8-10,12-13H2,1-7H3/b17-11+/t15?,16-,18+,22-,23-,25-/m0/s1. The summed E-state index contributed by atoms with van der Waals surface area (Å²) in [6.07, 6.45) is 0.580. The lowest BCUT2D eigenvalue weighted by Crippen LogP contribution is -2.45. The fourth-order valence-electron chi connectivity index (χ4n) is 4.55. The topological polar surface area (TPSA) is 114 Å². The Morgan fingerprint density at radius 3 is 2.40 bits per heavy atom. The number of hydrogen-bond acceptors (Lipinski definition) is 8. The number of carbonyl (C=O) groups excluding carboxylic acids is 3. The molecule has 1 aromatic rings. The number of rotatable bonds is 2. The molecular formula is C27H41NO6S. The van der Waals surface area contributed by atoms with Gasteiger partial charge in [0.15, 0.2) is 0 Å². The fourth-order valence-corrected chi connectivity index (χ4v) is 5.12. The summed E-state index contributed by atoms with van der Waals surface area (Å²) < 4.78 is 5.70. The van der Waals surface area contributed by atoms with Crippen LogP contribution in [0.4, 0.5) is 0 Å². The molecule has 1 saturated heterocycles. The summed E-state index contributed by atoms with van der Waals surface area (Å²) in [5.41, 5.74) is 0.182. The average Bonchev–Trinajstić information content (AvgIpc) is 3.20. The fraction of sp³-hybridized carbons (Fsp3) is 0.704. The van der Waals surface area contributed by atoms with Crippen molar-refractivity contribution in [3.8, 4) is 0 Å². The van der Waals surface area contributed by atoms with E-state index in [9.17, 15) is 24.6 Å². The van der Waals surface area contributed by atoms with E-state index in [0.717, 1.165) is 17.1 Å². The number of esters is 1. The normalized spacial score (nSPS) is 32.4. The lowest BCUT2D eigenvalue weighted by molar-refractivity contribution is -0.155. The summed E-state index contributed by atoms with van der Waals surface area (Å²) in [5, 5.41) is 24.4. The molecule has 1 aliphatic rings. The number of ketones is 2. The number of aliphatic hydroxyl groups is 2. The Morgan fingerprint density at radius 2 is 1.80 bits per heavy atom. The number of ether oxygens (including phenoxy) is 1. The van der Waals surface area contributed by atoms with E-state index in [2.05, 4.69) is 4.98 Å². The molecule has 0 amide bonds. The third kappa shape index (κ3) is 7.79. The van der Waals surface area contributed by atoms with Crippen LogP contribution in [-0.4, -0.2) is 51.0 Å². The summed E-state index contributed by atoms with van der Waals surface area (Å²) in [6, 6.07) is 0. The Balaban J connectivity index is 2.34. The molecule has 2 N–H and O–H groups in total. The van der Waals surface area contributed by atoms with Gasteiger partial charge >= 0.3 is 5.97 Å². The van der Waals surface area contributed by atoms with Gasteiger partial charge in [0.2, 0.25) is 0 Å². The van der Waals surface area contributed by atoms with Crippen molar-refractivity contribution in [3.63, 3.8) is 0 Å². The second kappa shape index (κ2) is 12.4. The Labute approximate surface area is 213 Å². The maximum Gasteiger partial charge on any atom is 0.309 e. The number of aryl methyl sites for hydroxylation is 1. The molecule has 0 saturated carbocycles. The van der Waals surface area contributed by atoms with E-state index in [1.54, 1.807) is 27.7 Å². The SMILES string of the molecule is C/C(=C\c1csc(C)n1)[C@@H]1CC(=O)C(C)CCC[C@H](C)[C@H](O)[C@@H](C)C(=O)C(C)(C)[C@@H](O)CC(=O)O1. The molecule has 1 unspecified atom stereocenters. The minimum absolute atomic E-state index is 0.00488. The van der Waals surface area contributed by atoms with Crippen LogP contribution in [-0.2, 0) is 19.1 Å². The summed E-state index contributed by atoms with van der Waals surface area (Å²) in [7, 11) is 0. The van der Waals surface area contributed by atoms with Gasteiger partial charge in [0.1, 0.15) is 17.7 Å².